The van der Waals surface area contributed by atoms with Gasteiger partial charge in [0.1, 0.15) is 11.7 Å². The predicted octanol–water partition coefficient (Wildman–Crippen LogP) is 2.98. The first-order valence-corrected chi connectivity index (χ1v) is 8.82. The van der Waals surface area contributed by atoms with Gasteiger partial charge in [-0.2, -0.15) is 0 Å². The highest BCUT2D eigenvalue weighted by Crippen LogP contribution is 2.38. The van der Waals surface area contributed by atoms with Crippen LogP contribution in [0.2, 0.25) is 0 Å². The molecule has 0 aromatic rings. The Kier molecular flexibility index (Phi) is 8.40. The second-order valence-electron chi connectivity index (χ2n) is 6.74. The predicted molar refractivity (Wildman–Crippen MR) is 92.6 cm³/mol. The molecule has 1 saturated heterocycles. The molecule has 142 valence electrons. The third-order valence-corrected chi connectivity index (χ3v) is 4.32. The van der Waals surface area contributed by atoms with Gasteiger partial charge in [0.2, 0.25) is 0 Å². The van der Waals surface area contributed by atoms with E-state index in [2.05, 4.69) is 17.6 Å². The Hall–Kier alpha value is -1.58. The normalized spacial score (nSPS) is 21.2. The van der Waals surface area contributed by atoms with Crippen LogP contribution in [-0.4, -0.2) is 43.1 Å². The fraction of sp³-hybridized carbons (Fsp3) is 0.789. The monoisotopic (exact) mass is 354 g/mol. The maximum Gasteiger partial charge on any atom is 0.307 e. The van der Waals surface area contributed by atoms with Gasteiger partial charge in [0.15, 0.2) is 5.79 Å². The van der Waals surface area contributed by atoms with Crippen LogP contribution >= 0.6 is 0 Å². The van der Waals surface area contributed by atoms with E-state index < -0.39 is 23.3 Å². The lowest BCUT2D eigenvalue weighted by Gasteiger charge is -2.38. The van der Waals surface area contributed by atoms with E-state index in [9.17, 15) is 9.59 Å². The third kappa shape index (κ3) is 6.68. The lowest BCUT2D eigenvalue weighted by Crippen LogP contribution is -2.48. The van der Waals surface area contributed by atoms with E-state index in [0.29, 0.717) is 25.9 Å². The van der Waals surface area contributed by atoms with Crippen LogP contribution in [-0.2, 0) is 28.5 Å². The lowest BCUT2D eigenvalue weighted by molar-refractivity contribution is -0.197. The first-order chi connectivity index (χ1) is 11.8. The SMILES string of the molecule is C#CCC[C@@](CCCC)(OC(=O)CCC(=O)OC)[C@@H]1COC(C)(C)O1. The van der Waals surface area contributed by atoms with Gasteiger partial charge in [0.25, 0.3) is 0 Å². The van der Waals surface area contributed by atoms with E-state index in [-0.39, 0.29) is 18.9 Å². The van der Waals surface area contributed by atoms with Crippen LogP contribution in [0.15, 0.2) is 0 Å². The van der Waals surface area contributed by atoms with Crippen molar-refractivity contribution in [2.75, 3.05) is 13.7 Å². The van der Waals surface area contributed by atoms with Crippen LogP contribution in [0.25, 0.3) is 0 Å². The van der Waals surface area contributed by atoms with E-state index in [4.69, 9.17) is 20.6 Å². The van der Waals surface area contributed by atoms with E-state index in [1.54, 1.807) is 0 Å². The van der Waals surface area contributed by atoms with Crippen LogP contribution in [0.5, 0.6) is 0 Å². The molecule has 2 atom stereocenters. The van der Waals surface area contributed by atoms with Crippen LogP contribution in [0, 0.1) is 12.3 Å². The Morgan fingerprint density at radius 3 is 2.48 bits per heavy atom. The fourth-order valence-corrected chi connectivity index (χ4v) is 2.90. The van der Waals surface area contributed by atoms with E-state index in [0.717, 1.165) is 12.8 Å². The van der Waals surface area contributed by atoms with Gasteiger partial charge in [0.05, 0.1) is 26.6 Å². The summed E-state index contributed by atoms with van der Waals surface area (Å²) in [6, 6.07) is 0. The zero-order chi connectivity index (χ0) is 18.9. The molecular weight excluding hydrogens is 324 g/mol. The molecule has 6 heteroatoms. The van der Waals surface area contributed by atoms with Crippen molar-refractivity contribution in [1.29, 1.82) is 0 Å². The van der Waals surface area contributed by atoms with Crippen molar-refractivity contribution < 1.29 is 28.5 Å². The number of terminal acetylenes is 1. The van der Waals surface area contributed by atoms with Crippen molar-refractivity contribution in [3.63, 3.8) is 0 Å². The van der Waals surface area contributed by atoms with Gasteiger partial charge >= 0.3 is 11.9 Å². The molecule has 0 aromatic heterocycles. The van der Waals surface area contributed by atoms with Crippen molar-refractivity contribution in [2.45, 2.75) is 83.2 Å². The minimum absolute atomic E-state index is 0.0121. The maximum atomic E-state index is 12.3. The average molecular weight is 354 g/mol. The summed E-state index contributed by atoms with van der Waals surface area (Å²) < 4.78 is 22.1. The number of hydrogen-bond acceptors (Lipinski definition) is 6. The zero-order valence-corrected chi connectivity index (χ0v) is 15.8. The van der Waals surface area contributed by atoms with Gasteiger partial charge < -0.3 is 18.9 Å². The highest BCUT2D eigenvalue weighted by molar-refractivity contribution is 5.77. The number of ether oxygens (including phenoxy) is 4. The summed E-state index contributed by atoms with van der Waals surface area (Å²) >= 11 is 0. The molecule has 1 aliphatic heterocycles. The number of hydrogen-bond donors (Lipinski definition) is 0. The maximum absolute atomic E-state index is 12.3. The molecule has 0 N–H and O–H groups in total. The Labute approximate surface area is 150 Å². The molecule has 1 aliphatic rings. The molecule has 0 amide bonds. The van der Waals surface area contributed by atoms with Gasteiger partial charge in [-0.3, -0.25) is 9.59 Å². The summed E-state index contributed by atoms with van der Waals surface area (Å²) in [6.45, 7) is 6.07. The van der Waals surface area contributed by atoms with Crippen molar-refractivity contribution in [3.8, 4) is 12.3 Å². The minimum atomic E-state index is -0.844. The molecule has 0 aliphatic carbocycles. The number of rotatable bonds is 10. The topological polar surface area (TPSA) is 71.1 Å². The van der Waals surface area contributed by atoms with Crippen molar-refractivity contribution in [2.24, 2.45) is 0 Å². The average Bonchev–Trinajstić information content (AvgIpc) is 2.95. The number of unbranched alkanes of at least 4 members (excludes halogenated alkanes) is 1. The Balaban J connectivity index is 2.92. The number of esters is 2. The molecule has 6 nitrogen and oxygen atoms in total. The third-order valence-electron chi connectivity index (χ3n) is 4.32. The second kappa shape index (κ2) is 9.79. The first-order valence-electron chi connectivity index (χ1n) is 8.82. The second-order valence-corrected chi connectivity index (χ2v) is 6.74. The van der Waals surface area contributed by atoms with Gasteiger partial charge in [-0.25, -0.2) is 0 Å². The van der Waals surface area contributed by atoms with E-state index in [1.165, 1.54) is 7.11 Å². The van der Waals surface area contributed by atoms with E-state index in [1.807, 2.05) is 13.8 Å². The summed E-state index contributed by atoms with van der Waals surface area (Å²) in [6.07, 6.45) is 8.43. The molecule has 0 spiro atoms. The molecule has 1 fully saturated rings. The standard InChI is InChI=1S/C19H30O6/c1-6-8-12-19(13-9-7-2,15-14-23-18(3,4)24-15)25-17(21)11-10-16(20)22-5/h1,15H,7-14H2,2-5H3/t15-,19-/m0/s1. The molecule has 1 rings (SSSR count). The van der Waals surface area contributed by atoms with Crippen molar-refractivity contribution in [3.05, 3.63) is 0 Å². The summed E-state index contributed by atoms with van der Waals surface area (Å²) in [4.78, 5) is 23.6. The van der Waals surface area contributed by atoms with E-state index >= 15 is 0 Å². The Morgan fingerprint density at radius 2 is 1.96 bits per heavy atom. The number of carbonyl (C=O) groups is 2. The molecule has 0 radical (unpaired) electrons. The fourth-order valence-electron chi connectivity index (χ4n) is 2.90. The molecule has 0 saturated carbocycles. The highest BCUT2D eigenvalue weighted by Gasteiger charge is 2.49. The summed E-state index contributed by atoms with van der Waals surface area (Å²) in [5.74, 6) is 0.994. The summed E-state index contributed by atoms with van der Waals surface area (Å²) in [7, 11) is 1.29. The molecule has 0 unspecified atom stereocenters. The first kappa shape index (κ1) is 21.5. The molecule has 1 heterocycles. The summed E-state index contributed by atoms with van der Waals surface area (Å²) in [5, 5.41) is 0. The quantitative estimate of drug-likeness (QED) is 0.444. The largest absolute Gasteiger partial charge is 0.469 e. The Morgan fingerprint density at radius 1 is 1.28 bits per heavy atom. The molecule has 0 bridgehead atoms. The van der Waals surface area contributed by atoms with Crippen LogP contribution < -0.4 is 0 Å². The van der Waals surface area contributed by atoms with Gasteiger partial charge in [0, 0.05) is 12.8 Å². The van der Waals surface area contributed by atoms with Crippen LogP contribution in [0.3, 0.4) is 0 Å². The molecule has 0 aromatic carbocycles. The molecule has 25 heavy (non-hydrogen) atoms. The van der Waals surface area contributed by atoms with Gasteiger partial charge in [-0.15, -0.1) is 12.3 Å². The van der Waals surface area contributed by atoms with Gasteiger partial charge in [-0.1, -0.05) is 13.3 Å². The minimum Gasteiger partial charge on any atom is -0.469 e. The highest BCUT2D eigenvalue weighted by atomic mass is 16.8. The van der Waals surface area contributed by atoms with Gasteiger partial charge in [-0.05, 0) is 26.7 Å². The number of carbonyl (C=O) groups excluding carboxylic acids is 2. The van der Waals surface area contributed by atoms with Crippen LogP contribution in [0.4, 0.5) is 0 Å². The molecular formula is C19H30O6. The zero-order valence-electron chi connectivity index (χ0n) is 15.8. The van der Waals surface area contributed by atoms with Crippen molar-refractivity contribution in [1.82, 2.24) is 0 Å². The summed E-state index contributed by atoms with van der Waals surface area (Å²) in [5.41, 5.74) is -0.844. The van der Waals surface area contributed by atoms with Crippen LogP contribution in [0.1, 0.15) is 65.7 Å². The van der Waals surface area contributed by atoms with Crippen molar-refractivity contribution >= 4 is 11.9 Å². The number of methoxy groups -OCH3 is 1. The smallest absolute Gasteiger partial charge is 0.307 e. The lowest BCUT2D eigenvalue weighted by atomic mass is 9.85. The Bertz CT molecular complexity index is 493.